The van der Waals surface area contributed by atoms with Crippen molar-refractivity contribution in [2.75, 3.05) is 47.1 Å². The van der Waals surface area contributed by atoms with Crippen LogP contribution in [0.4, 0.5) is 4.39 Å². The van der Waals surface area contributed by atoms with E-state index in [0.717, 1.165) is 18.7 Å². The molecule has 1 saturated heterocycles. The molecule has 6 nitrogen and oxygen atoms in total. The van der Waals surface area contributed by atoms with Gasteiger partial charge in [0.15, 0.2) is 11.5 Å². The molecule has 8 heteroatoms. The minimum absolute atomic E-state index is 0.0806. The lowest BCUT2D eigenvalue weighted by molar-refractivity contribution is 0.0162. The average molecular weight is 467 g/mol. The lowest BCUT2D eigenvalue weighted by Crippen LogP contribution is -2.43. The molecule has 0 spiro atoms. The first kappa shape index (κ1) is 21.5. The fourth-order valence-corrected chi connectivity index (χ4v) is 3.58. The molecule has 0 radical (unpaired) electrons. The van der Waals surface area contributed by atoms with Crippen LogP contribution in [-0.4, -0.2) is 57.9 Å². The molecule has 156 valence electrons. The number of benzene rings is 2. The third-order valence-electron chi connectivity index (χ3n) is 4.92. The average Bonchev–Trinajstić information content (AvgIpc) is 2.76. The van der Waals surface area contributed by atoms with Crippen molar-refractivity contribution in [3.63, 3.8) is 0 Å². The minimum atomic E-state index is -0.470. The zero-order valence-corrected chi connectivity index (χ0v) is 18.0. The molecule has 1 aliphatic rings. The molecule has 2 aromatic carbocycles. The zero-order valence-electron chi connectivity index (χ0n) is 16.4. The molecule has 0 aromatic heterocycles. The first-order valence-electron chi connectivity index (χ1n) is 9.30. The van der Waals surface area contributed by atoms with Gasteiger partial charge in [0.05, 0.1) is 37.9 Å². The van der Waals surface area contributed by atoms with Gasteiger partial charge in [0.1, 0.15) is 5.82 Å². The van der Waals surface area contributed by atoms with Crippen molar-refractivity contribution in [2.24, 2.45) is 0 Å². The standard InChI is InChI=1S/C21H24BrFN2O4/c1-27-19-6-4-14(12-20(19)28-2)18(25-7-9-29-10-8-25)13-24-21(26)15-3-5-16(22)17(23)11-15/h3-6,11-12,18H,7-10,13H2,1-2H3,(H,24,26). The monoisotopic (exact) mass is 466 g/mol. The molecule has 0 aliphatic carbocycles. The number of amides is 1. The number of ether oxygens (including phenoxy) is 3. The Labute approximate surface area is 178 Å². The Morgan fingerprint density at radius 2 is 1.90 bits per heavy atom. The van der Waals surface area contributed by atoms with Crippen molar-refractivity contribution < 1.29 is 23.4 Å². The van der Waals surface area contributed by atoms with E-state index in [0.29, 0.717) is 35.7 Å². The maximum atomic E-state index is 13.8. The highest BCUT2D eigenvalue weighted by molar-refractivity contribution is 9.10. The maximum Gasteiger partial charge on any atom is 0.251 e. The third-order valence-corrected chi connectivity index (χ3v) is 5.56. The lowest BCUT2D eigenvalue weighted by Gasteiger charge is -2.35. The van der Waals surface area contributed by atoms with Gasteiger partial charge >= 0.3 is 0 Å². The second-order valence-corrected chi connectivity index (χ2v) is 7.47. The van der Waals surface area contributed by atoms with Gasteiger partial charge in [0, 0.05) is 25.2 Å². The van der Waals surface area contributed by atoms with Crippen molar-refractivity contribution in [3.05, 3.63) is 57.8 Å². The van der Waals surface area contributed by atoms with E-state index in [4.69, 9.17) is 14.2 Å². The summed E-state index contributed by atoms with van der Waals surface area (Å²) < 4.78 is 30.3. The van der Waals surface area contributed by atoms with Crippen molar-refractivity contribution in [1.29, 1.82) is 0 Å². The number of morpholine rings is 1. The molecule has 1 fully saturated rings. The summed E-state index contributed by atoms with van der Waals surface area (Å²) in [4.78, 5) is 14.8. The molecule has 0 bridgehead atoms. The van der Waals surface area contributed by atoms with Crippen LogP contribution in [-0.2, 0) is 4.74 Å². The fraction of sp³-hybridized carbons (Fsp3) is 0.381. The number of carbonyl (C=O) groups is 1. The summed E-state index contributed by atoms with van der Waals surface area (Å²) in [7, 11) is 3.18. The van der Waals surface area contributed by atoms with Crippen molar-refractivity contribution in [3.8, 4) is 11.5 Å². The van der Waals surface area contributed by atoms with Crippen LogP contribution in [0.3, 0.4) is 0 Å². The highest BCUT2D eigenvalue weighted by Gasteiger charge is 2.24. The largest absolute Gasteiger partial charge is 0.493 e. The van der Waals surface area contributed by atoms with Crippen LogP contribution >= 0.6 is 15.9 Å². The molecule has 1 amide bonds. The highest BCUT2D eigenvalue weighted by Crippen LogP contribution is 2.32. The summed E-state index contributed by atoms with van der Waals surface area (Å²) >= 11 is 3.10. The van der Waals surface area contributed by atoms with Crippen LogP contribution in [0.15, 0.2) is 40.9 Å². The van der Waals surface area contributed by atoms with E-state index in [1.807, 2.05) is 18.2 Å². The Hall–Kier alpha value is -2.16. The Bertz CT molecular complexity index is 859. The fourth-order valence-electron chi connectivity index (χ4n) is 3.34. The SMILES string of the molecule is COc1ccc(C(CNC(=O)c2ccc(Br)c(F)c2)N2CCOCC2)cc1OC. The number of nitrogens with one attached hydrogen (secondary N) is 1. The first-order chi connectivity index (χ1) is 14.0. The van der Waals surface area contributed by atoms with Gasteiger partial charge < -0.3 is 19.5 Å². The molecule has 1 atom stereocenters. The van der Waals surface area contributed by atoms with E-state index in [2.05, 4.69) is 26.1 Å². The van der Waals surface area contributed by atoms with E-state index in [1.54, 1.807) is 20.3 Å². The zero-order chi connectivity index (χ0) is 20.8. The Morgan fingerprint density at radius 1 is 1.17 bits per heavy atom. The molecule has 2 aromatic rings. The lowest BCUT2D eigenvalue weighted by atomic mass is 10.0. The molecule has 29 heavy (non-hydrogen) atoms. The van der Waals surface area contributed by atoms with Gasteiger partial charge in [-0.25, -0.2) is 4.39 Å². The van der Waals surface area contributed by atoms with Gasteiger partial charge in [0.2, 0.25) is 0 Å². The van der Waals surface area contributed by atoms with Gasteiger partial charge in [-0.3, -0.25) is 9.69 Å². The van der Waals surface area contributed by atoms with Gasteiger partial charge in [-0.1, -0.05) is 6.07 Å². The molecular weight excluding hydrogens is 443 g/mol. The molecule has 0 saturated carbocycles. The minimum Gasteiger partial charge on any atom is -0.493 e. The van der Waals surface area contributed by atoms with E-state index in [-0.39, 0.29) is 17.5 Å². The van der Waals surface area contributed by atoms with E-state index < -0.39 is 5.82 Å². The summed E-state index contributed by atoms with van der Waals surface area (Å²) in [6.45, 7) is 3.14. The second-order valence-electron chi connectivity index (χ2n) is 6.62. The van der Waals surface area contributed by atoms with Gasteiger partial charge in [-0.2, -0.15) is 0 Å². The number of hydrogen-bond donors (Lipinski definition) is 1. The van der Waals surface area contributed by atoms with Crippen LogP contribution in [0.2, 0.25) is 0 Å². The second kappa shape index (κ2) is 10.0. The molecule has 3 rings (SSSR count). The maximum absolute atomic E-state index is 13.8. The Kier molecular flexibility index (Phi) is 7.46. The predicted octanol–water partition coefficient (Wildman–Crippen LogP) is 3.41. The van der Waals surface area contributed by atoms with Crippen LogP contribution in [0, 0.1) is 5.82 Å². The molecule has 1 N–H and O–H groups in total. The predicted molar refractivity (Wildman–Crippen MR) is 111 cm³/mol. The van der Waals surface area contributed by atoms with E-state index in [1.165, 1.54) is 12.1 Å². The number of carbonyl (C=O) groups excluding carboxylic acids is 1. The molecular formula is C21H24BrFN2O4. The normalized spacial score (nSPS) is 15.6. The molecule has 1 unspecified atom stereocenters. The number of rotatable bonds is 7. The van der Waals surface area contributed by atoms with Gasteiger partial charge in [-0.15, -0.1) is 0 Å². The summed E-state index contributed by atoms with van der Waals surface area (Å²) in [5, 5.41) is 2.93. The summed E-state index contributed by atoms with van der Waals surface area (Å²) in [5.74, 6) is 0.480. The number of nitrogens with zero attached hydrogens (tertiary/aromatic N) is 1. The summed E-state index contributed by atoms with van der Waals surface area (Å²) in [5.41, 5.74) is 1.27. The highest BCUT2D eigenvalue weighted by atomic mass is 79.9. The van der Waals surface area contributed by atoms with Crippen LogP contribution in [0.5, 0.6) is 11.5 Å². The topological polar surface area (TPSA) is 60.0 Å². The van der Waals surface area contributed by atoms with Crippen molar-refractivity contribution >= 4 is 21.8 Å². The quantitative estimate of drug-likeness (QED) is 0.677. The van der Waals surface area contributed by atoms with Crippen LogP contribution < -0.4 is 14.8 Å². The van der Waals surface area contributed by atoms with E-state index >= 15 is 0 Å². The van der Waals surface area contributed by atoms with Crippen LogP contribution in [0.1, 0.15) is 22.0 Å². The summed E-state index contributed by atoms with van der Waals surface area (Å²) in [6.07, 6.45) is 0. The smallest absolute Gasteiger partial charge is 0.251 e. The van der Waals surface area contributed by atoms with Crippen molar-refractivity contribution in [2.45, 2.75) is 6.04 Å². The Morgan fingerprint density at radius 3 is 2.55 bits per heavy atom. The number of hydrogen-bond acceptors (Lipinski definition) is 5. The summed E-state index contributed by atoms with van der Waals surface area (Å²) in [6, 6.07) is 9.99. The Balaban J connectivity index is 1.80. The molecule has 1 heterocycles. The van der Waals surface area contributed by atoms with Crippen LogP contribution in [0.25, 0.3) is 0 Å². The van der Waals surface area contributed by atoms with Gasteiger partial charge in [-0.05, 0) is 51.8 Å². The first-order valence-corrected chi connectivity index (χ1v) is 10.1. The number of methoxy groups -OCH3 is 2. The number of halogens is 2. The third kappa shape index (κ3) is 5.26. The molecule has 1 aliphatic heterocycles. The van der Waals surface area contributed by atoms with E-state index in [9.17, 15) is 9.18 Å². The van der Waals surface area contributed by atoms with Crippen molar-refractivity contribution in [1.82, 2.24) is 10.2 Å². The van der Waals surface area contributed by atoms with Gasteiger partial charge in [0.25, 0.3) is 5.91 Å².